The van der Waals surface area contributed by atoms with Crippen molar-refractivity contribution in [2.24, 2.45) is 11.7 Å². The van der Waals surface area contributed by atoms with Crippen LogP contribution in [0.2, 0.25) is 0 Å². The number of amides is 2. The minimum atomic E-state index is -0.193. The summed E-state index contributed by atoms with van der Waals surface area (Å²) in [6, 6.07) is 7.53. The molecule has 114 valence electrons. The van der Waals surface area contributed by atoms with Crippen molar-refractivity contribution in [2.75, 3.05) is 25.0 Å². The van der Waals surface area contributed by atoms with Crippen LogP contribution in [0.3, 0.4) is 0 Å². The summed E-state index contributed by atoms with van der Waals surface area (Å²) < 4.78 is 0.988. The summed E-state index contributed by atoms with van der Waals surface area (Å²) in [7, 11) is 0. The van der Waals surface area contributed by atoms with Crippen LogP contribution in [0.15, 0.2) is 28.7 Å². The highest BCUT2D eigenvalue weighted by Crippen LogP contribution is 2.14. The summed E-state index contributed by atoms with van der Waals surface area (Å²) in [4.78, 5) is 24.4. The van der Waals surface area contributed by atoms with Gasteiger partial charge in [0.05, 0.1) is 26.1 Å². The van der Waals surface area contributed by atoms with Gasteiger partial charge in [-0.15, -0.1) is 0 Å². The van der Waals surface area contributed by atoms with Crippen LogP contribution >= 0.6 is 15.9 Å². The van der Waals surface area contributed by atoms with Gasteiger partial charge in [-0.25, -0.2) is 0 Å². The molecular weight excluding hydrogens is 334 g/mol. The zero-order chi connectivity index (χ0) is 15.2. The fourth-order valence-electron chi connectivity index (χ4n) is 2.61. The lowest BCUT2D eigenvalue weighted by Gasteiger charge is -2.27. The summed E-state index contributed by atoms with van der Waals surface area (Å²) in [6.07, 6.45) is 2.16. The van der Waals surface area contributed by atoms with E-state index in [9.17, 15) is 9.59 Å². The van der Waals surface area contributed by atoms with Crippen molar-refractivity contribution >= 4 is 33.4 Å². The molecule has 1 aliphatic rings. The minimum absolute atomic E-state index is 0.0188. The molecule has 2 rings (SSSR count). The number of benzene rings is 1. The summed E-state index contributed by atoms with van der Waals surface area (Å²) in [6.45, 7) is 2.63. The molecule has 1 fully saturated rings. The van der Waals surface area contributed by atoms with Gasteiger partial charge in [-0.2, -0.15) is 0 Å². The monoisotopic (exact) mass is 354 g/mol. The van der Waals surface area contributed by atoms with E-state index in [0.29, 0.717) is 6.42 Å². The number of rotatable bonds is 5. The van der Waals surface area contributed by atoms with E-state index in [-0.39, 0.29) is 17.7 Å². The summed E-state index contributed by atoms with van der Waals surface area (Å²) >= 11 is 3.36. The van der Waals surface area contributed by atoms with Gasteiger partial charge < -0.3 is 16.0 Å². The third-order valence-corrected chi connectivity index (χ3v) is 4.46. The first-order valence-corrected chi connectivity index (χ1v) is 8.02. The van der Waals surface area contributed by atoms with E-state index in [2.05, 4.69) is 21.2 Å². The van der Waals surface area contributed by atoms with Gasteiger partial charge in [0.15, 0.2) is 0 Å². The molecule has 5 nitrogen and oxygen atoms in total. The number of halogens is 1. The second-order valence-electron chi connectivity index (χ2n) is 5.48. The number of piperidine rings is 1. The molecule has 1 aromatic carbocycles. The Morgan fingerprint density at radius 1 is 1.24 bits per heavy atom. The first kappa shape index (κ1) is 16.0. The average molecular weight is 355 g/mol. The molecule has 0 unspecified atom stereocenters. The highest BCUT2D eigenvalue weighted by molar-refractivity contribution is 9.10. The fraction of sp³-hybridized carbons (Fsp3) is 0.467. The van der Waals surface area contributed by atoms with Crippen LogP contribution < -0.4 is 16.0 Å². The highest BCUT2D eigenvalue weighted by atomic mass is 79.9. The fourth-order valence-corrected chi connectivity index (χ4v) is 2.87. The van der Waals surface area contributed by atoms with Gasteiger partial charge in [-0.05, 0) is 24.3 Å². The van der Waals surface area contributed by atoms with Crippen LogP contribution in [-0.4, -0.2) is 31.4 Å². The Bertz CT molecular complexity index is 496. The molecule has 0 saturated carbocycles. The predicted molar refractivity (Wildman–Crippen MR) is 84.9 cm³/mol. The molecule has 0 aliphatic carbocycles. The number of carbonyl (C=O) groups is 2. The lowest BCUT2D eigenvalue weighted by Crippen LogP contribution is -3.13. The van der Waals surface area contributed by atoms with Gasteiger partial charge in [0.1, 0.15) is 0 Å². The molecule has 4 N–H and O–H groups in total. The van der Waals surface area contributed by atoms with Crippen LogP contribution in [0.5, 0.6) is 0 Å². The molecule has 1 aromatic rings. The first-order chi connectivity index (χ1) is 10.0. The predicted octanol–water partition coefficient (Wildman–Crippen LogP) is 0.558. The largest absolute Gasteiger partial charge is 0.369 e. The molecule has 2 amide bonds. The zero-order valence-corrected chi connectivity index (χ0v) is 13.5. The molecular formula is C15H21BrN3O2+. The molecule has 0 radical (unpaired) electrons. The Hall–Kier alpha value is -1.40. The summed E-state index contributed by atoms with van der Waals surface area (Å²) in [5, 5.41) is 2.89. The lowest BCUT2D eigenvalue weighted by molar-refractivity contribution is -0.905. The topological polar surface area (TPSA) is 76.6 Å². The van der Waals surface area contributed by atoms with E-state index < -0.39 is 0 Å². The number of anilines is 1. The zero-order valence-electron chi connectivity index (χ0n) is 11.9. The van der Waals surface area contributed by atoms with Crippen molar-refractivity contribution < 1.29 is 14.5 Å². The summed E-state index contributed by atoms with van der Waals surface area (Å²) in [5.41, 5.74) is 6.13. The van der Waals surface area contributed by atoms with Crippen molar-refractivity contribution in [3.05, 3.63) is 28.7 Å². The Balaban J connectivity index is 1.70. The van der Waals surface area contributed by atoms with E-state index in [1.54, 1.807) is 0 Å². The van der Waals surface area contributed by atoms with Crippen LogP contribution in [0, 0.1) is 5.92 Å². The number of likely N-dealkylation sites (tertiary alicyclic amines) is 1. The molecule has 1 heterocycles. The second kappa shape index (κ2) is 7.56. The molecule has 0 atom stereocenters. The molecule has 6 heteroatoms. The number of carbonyl (C=O) groups excluding carboxylic acids is 2. The van der Waals surface area contributed by atoms with Gasteiger partial charge in [0.2, 0.25) is 11.8 Å². The normalized spacial score (nSPS) is 21.8. The quantitative estimate of drug-likeness (QED) is 0.722. The Morgan fingerprint density at radius 2 is 1.86 bits per heavy atom. The molecule has 1 aliphatic heterocycles. The third-order valence-electron chi connectivity index (χ3n) is 3.93. The van der Waals surface area contributed by atoms with Crippen molar-refractivity contribution in [3.8, 4) is 0 Å². The number of nitrogens with two attached hydrogens (primary N) is 1. The number of hydrogen-bond acceptors (Lipinski definition) is 2. The van der Waals surface area contributed by atoms with Gasteiger partial charge in [-0.1, -0.05) is 15.9 Å². The molecule has 21 heavy (non-hydrogen) atoms. The maximum absolute atomic E-state index is 11.9. The van der Waals surface area contributed by atoms with Crippen molar-refractivity contribution in [1.82, 2.24) is 0 Å². The van der Waals surface area contributed by atoms with Gasteiger partial charge in [0, 0.05) is 28.9 Å². The van der Waals surface area contributed by atoms with E-state index in [1.807, 2.05) is 24.3 Å². The third kappa shape index (κ3) is 5.13. The van der Waals surface area contributed by atoms with Crippen molar-refractivity contribution in [2.45, 2.75) is 19.3 Å². The standard InChI is InChI=1S/C15H20BrN3O2/c16-12-1-3-13(4-2-12)18-14(20)7-10-19-8-5-11(6-9-19)15(17)21/h1-4,11H,5-10H2,(H2,17,21)(H,18,20)/p+1. The molecule has 1 saturated heterocycles. The van der Waals surface area contributed by atoms with E-state index >= 15 is 0 Å². The molecule has 0 bridgehead atoms. The highest BCUT2D eigenvalue weighted by Gasteiger charge is 2.25. The minimum Gasteiger partial charge on any atom is -0.369 e. The maximum Gasteiger partial charge on any atom is 0.230 e. The van der Waals surface area contributed by atoms with Gasteiger partial charge in [0.25, 0.3) is 0 Å². The number of primary amides is 1. The van der Waals surface area contributed by atoms with Crippen molar-refractivity contribution in [3.63, 3.8) is 0 Å². The Labute approximate surface area is 133 Å². The average Bonchev–Trinajstić information content (AvgIpc) is 2.48. The van der Waals surface area contributed by atoms with Gasteiger partial charge in [-0.3, -0.25) is 9.59 Å². The molecule has 0 aromatic heterocycles. The van der Waals surface area contributed by atoms with Crippen LogP contribution in [0.4, 0.5) is 5.69 Å². The molecule has 0 spiro atoms. The van der Waals surface area contributed by atoms with E-state index in [4.69, 9.17) is 5.73 Å². The Kier molecular flexibility index (Phi) is 5.76. The van der Waals surface area contributed by atoms with E-state index in [1.165, 1.54) is 4.90 Å². The van der Waals surface area contributed by atoms with Crippen LogP contribution in [0.1, 0.15) is 19.3 Å². The van der Waals surface area contributed by atoms with Gasteiger partial charge >= 0.3 is 0 Å². The van der Waals surface area contributed by atoms with Crippen LogP contribution in [0.25, 0.3) is 0 Å². The number of nitrogens with one attached hydrogen (secondary N) is 2. The summed E-state index contributed by atoms with van der Waals surface area (Å²) in [5.74, 6) is -0.144. The lowest BCUT2D eigenvalue weighted by atomic mass is 9.96. The number of hydrogen-bond donors (Lipinski definition) is 3. The SMILES string of the molecule is NC(=O)C1CC[NH+](CCC(=O)Nc2ccc(Br)cc2)CC1. The number of quaternary nitrogens is 1. The van der Waals surface area contributed by atoms with Crippen molar-refractivity contribution in [1.29, 1.82) is 0 Å². The smallest absolute Gasteiger partial charge is 0.230 e. The second-order valence-corrected chi connectivity index (χ2v) is 6.40. The first-order valence-electron chi connectivity index (χ1n) is 7.23. The van der Waals surface area contributed by atoms with Crippen LogP contribution in [-0.2, 0) is 9.59 Å². The van der Waals surface area contributed by atoms with E-state index in [0.717, 1.165) is 42.6 Å². The Morgan fingerprint density at radius 3 is 2.43 bits per heavy atom. The maximum atomic E-state index is 11.9.